The summed E-state index contributed by atoms with van der Waals surface area (Å²) in [6.45, 7) is 3.67. The van der Waals surface area contributed by atoms with Crippen molar-refractivity contribution in [2.75, 3.05) is 17.7 Å². The highest BCUT2D eigenvalue weighted by atomic mass is 19.1. The third-order valence-electron chi connectivity index (χ3n) is 9.36. The third-order valence-corrected chi connectivity index (χ3v) is 9.36. The van der Waals surface area contributed by atoms with E-state index < -0.39 is 23.7 Å². The van der Waals surface area contributed by atoms with Crippen LogP contribution in [0.15, 0.2) is 128 Å². The van der Waals surface area contributed by atoms with Crippen molar-refractivity contribution in [3.05, 3.63) is 167 Å². The summed E-state index contributed by atoms with van der Waals surface area (Å²) < 4.78 is 18.6. The molecule has 298 valence electrons. The predicted octanol–water partition coefficient (Wildman–Crippen LogP) is 8.15. The van der Waals surface area contributed by atoms with Gasteiger partial charge in [-0.05, 0) is 114 Å². The Labute approximate surface area is 338 Å². The number of rotatable bonds is 10. The number of aromatic nitrogens is 3. The molecule has 7 aromatic rings. The fourth-order valence-electron chi connectivity index (χ4n) is 6.38. The average molecular weight is 794 g/mol. The first-order chi connectivity index (χ1) is 28.3. The molecule has 0 saturated heterocycles. The minimum Gasteiger partial charge on any atom is -0.478 e. The Balaban J connectivity index is 0.000000199. The smallest absolute Gasteiger partial charge is 0.337 e. The first-order valence-electron chi connectivity index (χ1n) is 18.3. The molecular weight excluding hydrogens is 754 g/mol. The van der Waals surface area contributed by atoms with Crippen LogP contribution in [-0.4, -0.2) is 50.9 Å². The molecule has 0 radical (unpaired) electrons. The molecule has 0 aliphatic rings. The molecule has 2 amide bonds. The number of carbonyl (C=O) groups excluding carboxylic acids is 3. The number of hydrogen-bond acceptors (Lipinski definition) is 9. The molecule has 0 aliphatic carbocycles. The van der Waals surface area contributed by atoms with E-state index in [1.165, 1.54) is 25.4 Å². The van der Waals surface area contributed by atoms with Crippen molar-refractivity contribution < 1.29 is 33.4 Å². The van der Waals surface area contributed by atoms with Gasteiger partial charge in [-0.25, -0.2) is 19.0 Å². The Kier molecular flexibility index (Phi) is 12.6. The number of nitrogens with zero attached hydrogens (tertiary/aromatic N) is 2. The molecule has 3 aromatic heterocycles. The number of benzene rings is 4. The van der Waals surface area contributed by atoms with Crippen molar-refractivity contribution in [1.29, 1.82) is 0 Å². The Morgan fingerprint density at radius 3 is 1.83 bits per heavy atom. The van der Waals surface area contributed by atoms with Gasteiger partial charge >= 0.3 is 11.9 Å². The highest BCUT2D eigenvalue weighted by Crippen LogP contribution is 2.32. The number of nitrogens with two attached hydrogens (primary N) is 2. The minimum atomic E-state index is -1.01. The van der Waals surface area contributed by atoms with E-state index in [4.69, 9.17) is 16.2 Å². The predicted molar refractivity (Wildman–Crippen MR) is 223 cm³/mol. The van der Waals surface area contributed by atoms with Crippen LogP contribution in [0.4, 0.5) is 15.8 Å². The van der Waals surface area contributed by atoms with Crippen LogP contribution in [0.2, 0.25) is 0 Å². The number of carbonyl (C=O) groups is 4. The van der Waals surface area contributed by atoms with Gasteiger partial charge in [0.1, 0.15) is 5.65 Å². The summed E-state index contributed by atoms with van der Waals surface area (Å²) in [7, 11) is 1.31. The van der Waals surface area contributed by atoms with Crippen LogP contribution in [-0.2, 0) is 4.74 Å². The molecule has 0 spiro atoms. The molecular formula is C45H40FN7O6. The summed E-state index contributed by atoms with van der Waals surface area (Å²) in [5.74, 6) is -2.86. The Bertz CT molecular complexity index is 2690. The van der Waals surface area contributed by atoms with E-state index >= 15 is 0 Å². The number of ether oxygens (including phenoxy) is 1. The minimum absolute atomic E-state index is 0.0375. The number of fused-ring (bicyclic) bond motifs is 1. The maximum absolute atomic E-state index is 13.8. The van der Waals surface area contributed by atoms with E-state index in [0.717, 1.165) is 28.3 Å². The van der Waals surface area contributed by atoms with Gasteiger partial charge in [0.25, 0.3) is 11.8 Å². The molecule has 14 heteroatoms. The monoisotopic (exact) mass is 793 g/mol. The fourth-order valence-corrected chi connectivity index (χ4v) is 6.38. The number of nitrogens with one attached hydrogen (secondary N) is 3. The standard InChI is InChI=1S/C23H20N4O3.C22H20FN3O3/c1-13(24)17-6-5-15(12-19(17)14-3-2-4-16(11-14)23(29)30)22(28)27-20-8-10-26-21-18(20)7-9-25-21;1-13(24)17-7-6-15(21(27)26-20-8-9-25-12-19(20)23)11-18(17)14-4-3-5-16(10-14)22(28)29-2/h2-13H,24H2,1H3,(H,29,30)(H2,25,26,27,28);3-13H,24H2,1-2H3,(H,25,26,27). The largest absolute Gasteiger partial charge is 0.478 e. The quantitative estimate of drug-likeness (QED) is 0.0731. The van der Waals surface area contributed by atoms with Crippen LogP contribution in [0, 0.1) is 5.82 Å². The highest BCUT2D eigenvalue weighted by molar-refractivity contribution is 6.09. The SMILES string of the molecule is CC(N)c1ccc(C(=O)Nc2ccnc3[nH]ccc23)cc1-c1cccc(C(=O)O)c1.COC(=O)c1cccc(-c2cc(C(=O)Nc3ccncc3F)ccc2C(C)N)c1. The number of esters is 1. The molecule has 7 rings (SSSR count). The summed E-state index contributed by atoms with van der Waals surface area (Å²) >= 11 is 0. The van der Waals surface area contributed by atoms with Gasteiger partial charge in [-0.3, -0.25) is 14.6 Å². The van der Waals surface area contributed by atoms with Crippen LogP contribution >= 0.6 is 0 Å². The second-order valence-electron chi connectivity index (χ2n) is 13.5. The highest BCUT2D eigenvalue weighted by Gasteiger charge is 2.18. The Morgan fingerprint density at radius 1 is 0.712 bits per heavy atom. The summed E-state index contributed by atoms with van der Waals surface area (Å²) in [6, 6.07) is 28.1. The van der Waals surface area contributed by atoms with E-state index in [1.54, 1.807) is 85.2 Å². The van der Waals surface area contributed by atoms with Crippen molar-refractivity contribution in [3.8, 4) is 22.3 Å². The molecule has 0 bridgehead atoms. The summed E-state index contributed by atoms with van der Waals surface area (Å²) in [4.78, 5) is 59.7. The topological polar surface area (TPSA) is 215 Å². The van der Waals surface area contributed by atoms with Crippen LogP contribution < -0.4 is 22.1 Å². The van der Waals surface area contributed by atoms with Gasteiger partial charge < -0.3 is 36.9 Å². The summed E-state index contributed by atoms with van der Waals surface area (Å²) in [5, 5.41) is 15.6. The van der Waals surface area contributed by atoms with Crippen molar-refractivity contribution in [2.24, 2.45) is 11.5 Å². The Hall–Kier alpha value is -7.55. The average Bonchev–Trinajstić information content (AvgIpc) is 3.74. The number of halogens is 1. The van der Waals surface area contributed by atoms with Gasteiger partial charge in [0.05, 0.1) is 35.8 Å². The maximum atomic E-state index is 13.8. The zero-order chi connectivity index (χ0) is 42.2. The van der Waals surface area contributed by atoms with Crippen LogP contribution in [0.25, 0.3) is 33.3 Å². The summed E-state index contributed by atoms with van der Waals surface area (Å²) in [6.07, 6.45) is 5.80. The molecule has 4 aromatic carbocycles. The zero-order valence-corrected chi connectivity index (χ0v) is 32.2. The number of anilines is 2. The van der Waals surface area contributed by atoms with Gasteiger partial charge in [0.15, 0.2) is 5.82 Å². The summed E-state index contributed by atoms with van der Waals surface area (Å²) in [5.41, 5.74) is 19.4. The van der Waals surface area contributed by atoms with E-state index in [9.17, 15) is 28.7 Å². The molecule has 13 nitrogen and oxygen atoms in total. The zero-order valence-electron chi connectivity index (χ0n) is 32.2. The number of H-pyrrole nitrogens is 1. The van der Waals surface area contributed by atoms with Gasteiger partial charge in [0, 0.05) is 47.2 Å². The third kappa shape index (κ3) is 9.53. The first kappa shape index (κ1) is 41.1. The number of carboxylic acid groups (broad SMARTS) is 1. The number of hydrogen-bond donors (Lipinski definition) is 6. The van der Waals surface area contributed by atoms with Crippen LogP contribution in [0.1, 0.15) is 78.5 Å². The van der Waals surface area contributed by atoms with E-state index in [0.29, 0.717) is 44.7 Å². The van der Waals surface area contributed by atoms with Crippen molar-refractivity contribution in [2.45, 2.75) is 25.9 Å². The van der Waals surface area contributed by atoms with Gasteiger partial charge in [-0.1, -0.05) is 36.4 Å². The van der Waals surface area contributed by atoms with Gasteiger partial charge in [-0.2, -0.15) is 0 Å². The molecule has 8 N–H and O–H groups in total. The van der Waals surface area contributed by atoms with Crippen LogP contribution in [0.3, 0.4) is 0 Å². The lowest BCUT2D eigenvalue weighted by molar-refractivity contribution is 0.0599. The lowest BCUT2D eigenvalue weighted by Crippen LogP contribution is -2.14. The van der Waals surface area contributed by atoms with Gasteiger partial charge in [-0.15, -0.1) is 0 Å². The second kappa shape index (κ2) is 18.1. The number of carboxylic acids is 1. The molecule has 59 heavy (non-hydrogen) atoms. The molecule has 0 saturated carbocycles. The molecule has 3 heterocycles. The van der Waals surface area contributed by atoms with Crippen LogP contribution in [0.5, 0.6) is 0 Å². The van der Waals surface area contributed by atoms with E-state index in [-0.39, 0.29) is 29.2 Å². The number of aromatic amines is 1. The van der Waals surface area contributed by atoms with E-state index in [2.05, 4.69) is 25.6 Å². The fraction of sp³-hybridized carbons (Fsp3) is 0.111. The molecule has 0 fully saturated rings. The van der Waals surface area contributed by atoms with Crippen molar-refractivity contribution >= 4 is 46.2 Å². The lowest BCUT2D eigenvalue weighted by atomic mass is 9.92. The Morgan fingerprint density at radius 2 is 1.27 bits per heavy atom. The second-order valence-corrected chi connectivity index (χ2v) is 13.5. The van der Waals surface area contributed by atoms with Gasteiger partial charge in [0.2, 0.25) is 0 Å². The molecule has 2 unspecified atom stereocenters. The number of pyridine rings is 2. The normalized spacial score (nSPS) is 11.8. The lowest BCUT2D eigenvalue weighted by Gasteiger charge is -2.16. The van der Waals surface area contributed by atoms with Crippen molar-refractivity contribution in [1.82, 2.24) is 15.0 Å². The van der Waals surface area contributed by atoms with E-state index in [1.807, 2.05) is 32.0 Å². The number of aromatic carboxylic acids is 1. The molecule has 2 atom stereocenters. The first-order valence-corrected chi connectivity index (χ1v) is 18.3. The number of methoxy groups -OCH3 is 1. The van der Waals surface area contributed by atoms with Crippen molar-refractivity contribution in [3.63, 3.8) is 0 Å². The number of amides is 2. The maximum Gasteiger partial charge on any atom is 0.337 e. The molecule has 0 aliphatic heterocycles.